The number of methoxy groups -OCH3 is 2. The van der Waals surface area contributed by atoms with Crippen molar-refractivity contribution in [2.45, 2.75) is 6.92 Å². The highest BCUT2D eigenvalue weighted by molar-refractivity contribution is 6.39. The van der Waals surface area contributed by atoms with Gasteiger partial charge in [-0.05, 0) is 55.0 Å². The van der Waals surface area contributed by atoms with Gasteiger partial charge in [-0.3, -0.25) is 14.9 Å². The third-order valence-corrected chi connectivity index (χ3v) is 4.46. The zero-order chi connectivity index (χ0) is 22.5. The topological polar surface area (TPSA) is 111 Å². The number of carbonyl (C=O) groups is 4. The molecule has 4 amide bonds. The molecule has 2 aromatic rings. The van der Waals surface area contributed by atoms with Crippen molar-refractivity contribution < 1.29 is 33.4 Å². The first-order valence-electron chi connectivity index (χ1n) is 9.30. The number of anilines is 1. The third kappa shape index (κ3) is 4.40. The van der Waals surface area contributed by atoms with Gasteiger partial charge in [-0.1, -0.05) is 6.07 Å². The minimum atomic E-state index is -0.886. The number of nitrogens with zero attached hydrogens (tertiary/aromatic N) is 1. The fourth-order valence-electron chi connectivity index (χ4n) is 2.96. The normalized spacial score (nSPS) is 15.0. The van der Waals surface area contributed by atoms with Crippen LogP contribution < -0.4 is 19.7 Å². The van der Waals surface area contributed by atoms with Gasteiger partial charge in [-0.15, -0.1) is 0 Å². The summed E-state index contributed by atoms with van der Waals surface area (Å²) in [6.07, 6.45) is 1.35. The average Bonchev–Trinajstić information content (AvgIpc) is 2.77. The van der Waals surface area contributed by atoms with E-state index in [0.29, 0.717) is 17.1 Å². The molecule has 9 nitrogen and oxygen atoms in total. The van der Waals surface area contributed by atoms with Crippen LogP contribution in [0.2, 0.25) is 0 Å². The zero-order valence-electron chi connectivity index (χ0n) is 17.1. The van der Waals surface area contributed by atoms with Crippen molar-refractivity contribution in [1.82, 2.24) is 5.32 Å². The second-order valence-electron chi connectivity index (χ2n) is 6.34. The second kappa shape index (κ2) is 9.12. The molecular formula is C22H20N2O7. The number of imide groups is 2. The predicted molar refractivity (Wildman–Crippen MR) is 111 cm³/mol. The lowest BCUT2D eigenvalue weighted by Crippen LogP contribution is -2.54. The zero-order valence-corrected chi connectivity index (χ0v) is 17.1. The van der Waals surface area contributed by atoms with Crippen molar-refractivity contribution in [3.05, 3.63) is 59.2 Å². The minimum absolute atomic E-state index is 0.196. The molecular weight excluding hydrogens is 404 g/mol. The first-order valence-corrected chi connectivity index (χ1v) is 9.30. The van der Waals surface area contributed by atoms with Crippen LogP contribution in [0, 0.1) is 0 Å². The summed E-state index contributed by atoms with van der Waals surface area (Å²) in [5.74, 6) is -1.23. The van der Waals surface area contributed by atoms with E-state index in [2.05, 4.69) is 5.32 Å². The largest absolute Gasteiger partial charge is 0.493 e. The SMILES string of the molecule is CCOC(=O)c1ccc(N2C(=O)NC(=O)C(=Cc3ccc(OC)c(OC)c3)C2=O)cc1. The fraction of sp³-hybridized carbons (Fsp3) is 0.182. The molecule has 1 fully saturated rings. The molecule has 1 N–H and O–H groups in total. The number of barbiturate groups is 1. The molecule has 2 aromatic carbocycles. The van der Waals surface area contributed by atoms with Crippen LogP contribution in [0.1, 0.15) is 22.8 Å². The number of benzene rings is 2. The van der Waals surface area contributed by atoms with Crippen LogP contribution in [-0.2, 0) is 14.3 Å². The number of hydrogen-bond acceptors (Lipinski definition) is 7. The molecule has 0 bridgehead atoms. The van der Waals surface area contributed by atoms with E-state index in [-0.39, 0.29) is 23.4 Å². The second-order valence-corrected chi connectivity index (χ2v) is 6.34. The highest BCUT2D eigenvalue weighted by Crippen LogP contribution is 2.29. The molecule has 3 rings (SSSR count). The Morgan fingerprint density at radius 3 is 2.29 bits per heavy atom. The van der Waals surface area contributed by atoms with Crippen LogP contribution in [0.5, 0.6) is 11.5 Å². The number of nitrogens with one attached hydrogen (secondary N) is 1. The van der Waals surface area contributed by atoms with Gasteiger partial charge in [0.15, 0.2) is 11.5 Å². The van der Waals surface area contributed by atoms with Gasteiger partial charge in [0.1, 0.15) is 5.57 Å². The highest BCUT2D eigenvalue weighted by atomic mass is 16.5. The van der Waals surface area contributed by atoms with Gasteiger partial charge in [0.2, 0.25) is 0 Å². The van der Waals surface area contributed by atoms with Crippen molar-refractivity contribution in [3.63, 3.8) is 0 Å². The van der Waals surface area contributed by atoms with E-state index in [4.69, 9.17) is 14.2 Å². The number of esters is 1. The summed E-state index contributed by atoms with van der Waals surface area (Å²) < 4.78 is 15.3. The monoisotopic (exact) mass is 424 g/mol. The molecule has 0 radical (unpaired) electrons. The quantitative estimate of drug-likeness (QED) is 0.431. The van der Waals surface area contributed by atoms with Crippen LogP contribution in [-0.4, -0.2) is 44.6 Å². The number of rotatable bonds is 6. The van der Waals surface area contributed by atoms with E-state index < -0.39 is 23.8 Å². The van der Waals surface area contributed by atoms with E-state index in [1.165, 1.54) is 44.6 Å². The summed E-state index contributed by atoms with van der Waals surface area (Å²) in [7, 11) is 2.96. The Hall–Kier alpha value is -4.14. The van der Waals surface area contributed by atoms with Gasteiger partial charge in [0, 0.05) is 0 Å². The number of hydrogen-bond donors (Lipinski definition) is 1. The molecule has 1 aliphatic heterocycles. The van der Waals surface area contributed by atoms with Crippen molar-refractivity contribution in [2.75, 3.05) is 25.7 Å². The number of urea groups is 1. The lowest BCUT2D eigenvalue weighted by Gasteiger charge is -2.26. The standard InChI is InChI=1S/C22H20N2O7/c1-4-31-21(27)14-6-8-15(9-7-14)24-20(26)16(19(25)23-22(24)28)11-13-5-10-17(29-2)18(12-13)30-3/h5-12H,4H2,1-3H3,(H,23,25,28). The molecule has 9 heteroatoms. The van der Waals surface area contributed by atoms with Gasteiger partial charge >= 0.3 is 12.0 Å². The molecule has 160 valence electrons. The van der Waals surface area contributed by atoms with Crippen LogP contribution in [0.3, 0.4) is 0 Å². The average molecular weight is 424 g/mol. The smallest absolute Gasteiger partial charge is 0.338 e. The predicted octanol–water partition coefficient (Wildman–Crippen LogP) is 2.55. The van der Waals surface area contributed by atoms with Crippen LogP contribution >= 0.6 is 0 Å². The third-order valence-electron chi connectivity index (χ3n) is 4.46. The fourth-order valence-corrected chi connectivity index (χ4v) is 2.96. The maximum Gasteiger partial charge on any atom is 0.338 e. The molecule has 0 unspecified atom stereocenters. The lowest BCUT2D eigenvalue weighted by molar-refractivity contribution is -0.122. The van der Waals surface area contributed by atoms with E-state index in [1.54, 1.807) is 25.1 Å². The first-order chi connectivity index (χ1) is 14.9. The summed E-state index contributed by atoms with van der Waals surface area (Å²) in [5, 5.41) is 2.15. The Kier molecular flexibility index (Phi) is 6.35. The molecule has 31 heavy (non-hydrogen) atoms. The van der Waals surface area contributed by atoms with Gasteiger partial charge in [-0.2, -0.15) is 0 Å². The van der Waals surface area contributed by atoms with Gasteiger partial charge in [-0.25, -0.2) is 14.5 Å². The van der Waals surface area contributed by atoms with Crippen LogP contribution in [0.15, 0.2) is 48.0 Å². The lowest BCUT2D eigenvalue weighted by atomic mass is 10.1. The van der Waals surface area contributed by atoms with Crippen molar-refractivity contribution >= 4 is 35.6 Å². The summed E-state index contributed by atoms with van der Waals surface area (Å²) in [6.45, 7) is 1.91. The number of amides is 4. The van der Waals surface area contributed by atoms with Gasteiger partial charge < -0.3 is 14.2 Å². The maximum absolute atomic E-state index is 13.0. The number of carbonyl (C=O) groups excluding carboxylic acids is 4. The Balaban J connectivity index is 1.93. The van der Waals surface area contributed by atoms with Crippen molar-refractivity contribution in [2.24, 2.45) is 0 Å². The van der Waals surface area contributed by atoms with E-state index in [1.807, 2.05) is 0 Å². The molecule has 1 saturated heterocycles. The summed E-state index contributed by atoms with van der Waals surface area (Å²) in [4.78, 5) is 50.3. The summed E-state index contributed by atoms with van der Waals surface area (Å²) >= 11 is 0. The molecule has 1 aliphatic rings. The Morgan fingerprint density at radius 2 is 1.68 bits per heavy atom. The van der Waals surface area contributed by atoms with Gasteiger partial charge in [0.05, 0.1) is 32.1 Å². The molecule has 0 saturated carbocycles. The minimum Gasteiger partial charge on any atom is -0.493 e. The van der Waals surface area contributed by atoms with Crippen LogP contribution in [0.4, 0.5) is 10.5 Å². The van der Waals surface area contributed by atoms with Crippen molar-refractivity contribution in [1.29, 1.82) is 0 Å². The highest BCUT2D eigenvalue weighted by Gasteiger charge is 2.36. The molecule has 1 heterocycles. The Bertz CT molecular complexity index is 1070. The van der Waals surface area contributed by atoms with Gasteiger partial charge in [0.25, 0.3) is 11.8 Å². The first kappa shape index (κ1) is 21.6. The summed E-state index contributed by atoms with van der Waals surface area (Å²) in [5.41, 5.74) is 0.735. The number of ether oxygens (including phenoxy) is 3. The summed E-state index contributed by atoms with van der Waals surface area (Å²) in [6, 6.07) is 9.70. The van der Waals surface area contributed by atoms with E-state index in [0.717, 1.165) is 4.90 Å². The van der Waals surface area contributed by atoms with E-state index in [9.17, 15) is 19.2 Å². The van der Waals surface area contributed by atoms with E-state index >= 15 is 0 Å². The molecule has 0 spiro atoms. The van der Waals surface area contributed by atoms with Crippen LogP contribution in [0.25, 0.3) is 6.08 Å². The molecule has 0 atom stereocenters. The Labute approximate surface area is 178 Å². The molecule has 0 aromatic heterocycles. The maximum atomic E-state index is 13.0. The molecule has 0 aliphatic carbocycles. The van der Waals surface area contributed by atoms with Crippen molar-refractivity contribution in [3.8, 4) is 11.5 Å². The Morgan fingerprint density at radius 1 is 1.00 bits per heavy atom.